The van der Waals surface area contributed by atoms with Gasteiger partial charge in [-0.05, 0) is 24.3 Å². The number of pyridine rings is 1. The number of fused-ring (bicyclic) bond motifs is 1. The minimum absolute atomic E-state index is 0.767. The number of hydrogen-bond acceptors (Lipinski definition) is 4. The van der Waals surface area contributed by atoms with Gasteiger partial charge in [0.15, 0.2) is 0 Å². The minimum Gasteiger partial charge on any atom is -0.379 e. The summed E-state index contributed by atoms with van der Waals surface area (Å²) in [4.78, 5) is 8.53. The van der Waals surface area contributed by atoms with Gasteiger partial charge >= 0.3 is 0 Å². The minimum atomic E-state index is 0.767. The van der Waals surface area contributed by atoms with E-state index in [1.807, 2.05) is 36.0 Å². The molecule has 0 atom stereocenters. The molecule has 0 amide bonds. The predicted molar refractivity (Wildman–Crippen MR) is 71.2 cm³/mol. The first-order valence-corrected chi connectivity index (χ1v) is 6.27. The number of benzene rings is 1. The Balaban J connectivity index is 1.81. The molecule has 0 unspecified atom stereocenters. The van der Waals surface area contributed by atoms with Crippen molar-refractivity contribution in [1.82, 2.24) is 9.97 Å². The highest BCUT2D eigenvalue weighted by atomic mass is 32.1. The van der Waals surface area contributed by atoms with Crippen molar-refractivity contribution in [3.8, 4) is 0 Å². The van der Waals surface area contributed by atoms with E-state index in [2.05, 4.69) is 27.4 Å². The van der Waals surface area contributed by atoms with Crippen molar-refractivity contribution in [1.29, 1.82) is 0 Å². The van der Waals surface area contributed by atoms with Gasteiger partial charge in [-0.2, -0.15) is 0 Å². The molecule has 0 aliphatic rings. The third-order valence-corrected chi connectivity index (χ3v) is 3.31. The van der Waals surface area contributed by atoms with Crippen molar-refractivity contribution in [2.45, 2.75) is 6.54 Å². The number of anilines is 1. The van der Waals surface area contributed by atoms with Crippen molar-refractivity contribution < 1.29 is 0 Å². The SMILES string of the molecule is c1cnc2ccc(NCc3nccs3)cc2c1. The molecule has 84 valence electrons. The topological polar surface area (TPSA) is 37.8 Å². The van der Waals surface area contributed by atoms with Crippen LogP contribution in [0.1, 0.15) is 5.01 Å². The van der Waals surface area contributed by atoms with Crippen LogP contribution >= 0.6 is 11.3 Å². The van der Waals surface area contributed by atoms with Crippen molar-refractivity contribution >= 4 is 27.9 Å². The van der Waals surface area contributed by atoms with E-state index in [4.69, 9.17) is 0 Å². The van der Waals surface area contributed by atoms with Crippen LogP contribution in [0, 0.1) is 0 Å². The summed E-state index contributed by atoms with van der Waals surface area (Å²) >= 11 is 1.66. The third kappa shape index (κ3) is 2.26. The molecule has 17 heavy (non-hydrogen) atoms. The number of hydrogen-bond donors (Lipinski definition) is 1. The molecule has 4 heteroatoms. The molecule has 3 rings (SSSR count). The van der Waals surface area contributed by atoms with Gasteiger partial charge in [-0.25, -0.2) is 4.98 Å². The van der Waals surface area contributed by atoms with Crippen LogP contribution in [-0.2, 0) is 6.54 Å². The summed E-state index contributed by atoms with van der Waals surface area (Å²) in [5, 5.41) is 7.59. The molecule has 2 aromatic heterocycles. The smallest absolute Gasteiger partial charge is 0.112 e. The van der Waals surface area contributed by atoms with E-state index in [1.54, 1.807) is 11.3 Å². The second kappa shape index (κ2) is 4.51. The molecule has 0 radical (unpaired) electrons. The number of rotatable bonds is 3. The molecule has 3 aromatic rings. The fourth-order valence-corrected chi connectivity index (χ4v) is 2.26. The van der Waals surface area contributed by atoms with E-state index in [0.717, 1.165) is 28.1 Å². The van der Waals surface area contributed by atoms with E-state index >= 15 is 0 Å². The summed E-state index contributed by atoms with van der Waals surface area (Å²) in [5.74, 6) is 0. The summed E-state index contributed by atoms with van der Waals surface area (Å²) in [5.41, 5.74) is 2.12. The predicted octanol–water partition coefficient (Wildman–Crippen LogP) is 3.30. The first-order chi connectivity index (χ1) is 8.42. The Kier molecular flexibility index (Phi) is 2.71. The summed E-state index contributed by atoms with van der Waals surface area (Å²) < 4.78 is 0. The molecule has 1 N–H and O–H groups in total. The van der Waals surface area contributed by atoms with E-state index in [1.165, 1.54) is 0 Å². The highest BCUT2D eigenvalue weighted by Gasteiger charge is 1.98. The van der Waals surface area contributed by atoms with Crippen molar-refractivity contribution in [2.75, 3.05) is 5.32 Å². The Morgan fingerprint density at radius 3 is 3.00 bits per heavy atom. The van der Waals surface area contributed by atoms with E-state index in [-0.39, 0.29) is 0 Å². The zero-order valence-electron chi connectivity index (χ0n) is 9.13. The van der Waals surface area contributed by atoms with Gasteiger partial charge in [0.1, 0.15) is 5.01 Å². The number of nitrogens with one attached hydrogen (secondary N) is 1. The molecular formula is C13H11N3S. The molecule has 0 aliphatic carbocycles. The lowest BCUT2D eigenvalue weighted by atomic mass is 10.2. The summed E-state index contributed by atoms with van der Waals surface area (Å²) in [6.07, 6.45) is 3.64. The maximum atomic E-state index is 4.29. The van der Waals surface area contributed by atoms with Crippen LogP contribution in [-0.4, -0.2) is 9.97 Å². The number of aromatic nitrogens is 2. The summed E-state index contributed by atoms with van der Waals surface area (Å²) in [6, 6.07) is 10.2. The van der Waals surface area contributed by atoms with Gasteiger partial charge < -0.3 is 5.32 Å². The third-order valence-electron chi connectivity index (χ3n) is 2.53. The molecule has 0 aliphatic heterocycles. The molecule has 0 saturated carbocycles. The van der Waals surface area contributed by atoms with Gasteiger partial charge in [0.05, 0.1) is 12.1 Å². The lowest BCUT2D eigenvalue weighted by molar-refractivity contribution is 1.10. The fourth-order valence-electron chi connectivity index (χ4n) is 1.70. The van der Waals surface area contributed by atoms with Crippen LogP contribution in [0.4, 0.5) is 5.69 Å². The maximum absolute atomic E-state index is 4.29. The monoisotopic (exact) mass is 241 g/mol. The number of nitrogens with zero attached hydrogens (tertiary/aromatic N) is 2. The zero-order chi connectivity index (χ0) is 11.5. The zero-order valence-corrected chi connectivity index (χ0v) is 9.95. The average molecular weight is 241 g/mol. The molecule has 0 fully saturated rings. The van der Waals surface area contributed by atoms with Crippen LogP contribution < -0.4 is 5.32 Å². The van der Waals surface area contributed by atoms with Gasteiger partial charge in [0, 0.05) is 28.8 Å². The molecule has 2 heterocycles. The van der Waals surface area contributed by atoms with Gasteiger partial charge in [0.2, 0.25) is 0 Å². The first-order valence-electron chi connectivity index (χ1n) is 5.39. The second-order valence-electron chi connectivity index (χ2n) is 3.69. The molecule has 0 saturated heterocycles. The first kappa shape index (κ1) is 10.2. The quantitative estimate of drug-likeness (QED) is 0.764. The lowest BCUT2D eigenvalue weighted by Gasteiger charge is -2.05. The van der Waals surface area contributed by atoms with Crippen molar-refractivity contribution in [3.63, 3.8) is 0 Å². The van der Waals surface area contributed by atoms with Crippen LogP contribution in [0.15, 0.2) is 48.1 Å². The van der Waals surface area contributed by atoms with Crippen LogP contribution in [0.3, 0.4) is 0 Å². The normalized spacial score (nSPS) is 10.6. The standard InChI is InChI=1S/C13H11N3S/c1-2-10-8-11(3-4-12(10)14-5-1)16-9-13-15-6-7-17-13/h1-8,16H,9H2. The molecule has 3 nitrogen and oxygen atoms in total. The van der Waals surface area contributed by atoms with Crippen LogP contribution in [0.25, 0.3) is 10.9 Å². The largest absolute Gasteiger partial charge is 0.379 e. The Bertz CT molecular complexity index is 619. The highest BCUT2D eigenvalue weighted by Crippen LogP contribution is 2.17. The fraction of sp³-hybridized carbons (Fsp3) is 0.0769. The average Bonchev–Trinajstić information content (AvgIpc) is 2.89. The van der Waals surface area contributed by atoms with E-state index < -0.39 is 0 Å². The lowest BCUT2D eigenvalue weighted by Crippen LogP contribution is -1.98. The Labute approximate surface area is 103 Å². The Morgan fingerprint density at radius 1 is 1.12 bits per heavy atom. The van der Waals surface area contributed by atoms with E-state index in [0.29, 0.717) is 0 Å². The van der Waals surface area contributed by atoms with Gasteiger partial charge in [-0.3, -0.25) is 4.98 Å². The van der Waals surface area contributed by atoms with E-state index in [9.17, 15) is 0 Å². The Morgan fingerprint density at radius 2 is 2.12 bits per heavy atom. The molecular weight excluding hydrogens is 230 g/mol. The number of thiazole rings is 1. The second-order valence-corrected chi connectivity index (χ2v) is 4.67. The summed E-state index contributed by atoms with van der Waals surface area (Å²) in [7, 11) is 0. The molecule has 0 spiro atoms. The van der Waals surface area contributed by atoms with Crippen LogP contribution in [0.2, 0.25) is 0 Å². The van der Waals surface area contributed by atoms with Crippen molar-refractivity contribution in [2.24, 2.45) is 0 Å². The highest BCUT2D eigenvalue weighted by molar-refractivity contribution is 7.09. The molecule has 0 bridgehead atoms. The van der Waals surface area contributed by atoms with Gasteiger partial charge in [-0.1, -0.05) is 6.07 Å². The van der Waals surface area contributed by atoms with Gasteiger partial charge in [0.25, 0.3) is 0 Å². The molecule has 1 aromatic carbocycles. The van der Waals surface area contributed by atoms with Crippen molar-refractivity contribution in [3.05, 3.63) is 53.1 Å². The van der Waals surface area contributed by atoms with Crippen LogP contribution in [0.5, 0.6) is 0 Å². The Hall–Kier alpha value is -1.94. The van der Waals surface area contributed by atoms with Gasteiger partial charge in [-0.15, -0.1) is 11.3 Å². The summed E-state index contributed by atoms with van der Waals surface area (Å²) in [6.45, 7) is 0.767. The maximum Gasteiger partial charge on any atom is 0.112 e.